The van der Waals surface area contributed by atoms with Crippen molar-refractivity contribution in [2.75, 3.05) is 14.1 Å². The molecule has 26 heavy (non-hydrogen) atoms. The summed E-state index contributed by atoms with van der Waals surface area (Å²) in [6.45, 7) is 7.90. The van der Waals surface area contributed by atoms with Crippen LogP contribution in [0.4, 0.5) is 0 Å². The van der Waals surface area contributed by atoms with Crippen LogP contribution in [0.2, 0.25) is 0 Å². The number of nitrogens with zero attached hydrogens (tertiary/aromatic N) is 2. The fraction of sp³-hybridized carbons (Fsp3) is 0.350. The van der Waals surface area contributed by atoms with Crippen LogP contribution < -0.4 is 0 Å². The molecule has 0 aliphatic rings. The molecule has 136 valence electrons. The molecule has 2 heterocycles. The van der Waals surface area contributed by atoms with Gasteiger partial charge in [0.1, 0.15) is 5.76 Å². The number of carbonyl (C=O) groups excluding carboxylic acids is 2. The van der Waals surface area contributed by atoms with Gasteiger partial charge in [-0.3, -0.25) is 9.59 Å². The molecule has 1 amide bonds. The largest absolute Gasteiger partial charge is 0.361 e. The quantitative estimate of drug-likeness (QED) is 0.575. The van der Waals surface area contributed by atoms with E-state index in [1.54, 1.807) is 14.1 Å². The number of benzene rings is 1. The number of carbonyl (C=O) groups is 2. The van der Waals surface area contributed by atoms with Crippen LogP contribution in [0.1, 0.15) is 42.6 Å². The van der Waals surface area contributed by atoms with E-state index >= 15 is 0 Å². The molecule has 0 aliphatic heterocycles. The minimum Gasteiger partial charge on any atom is -0.361 e. The number of aromatic amines is 1. The monoisotopic (exact) mass is 353 g/mol. The van der Waals surface area contributed by atoms with Gasteiger partial charge in [-0.1, -0.05) is 44.1 Å². The summed E-state index contributed by atoms with van der Waals surface area (Å²) < 4.78 is 5.44. The number of amides is 1. The number of hydrogen-bond acceptors (Lipinski definition) is 4. The molecule has 0 fully saturated rings. The van der Waals surface area contributed by atoms with E-state index in [0.717, 1.165) is 16.8 Å². The second-order valence-electron chi connectivity index (χ2n) is 7.66. The normalized spacial score (nSPS) is 11.8. The maximum absolute atomic E-state index is 13.0. The minimum atomic E-state index is -0.567. The predicted molar refractivity (Wildman–Crippen MR) is 100 cm³/mol. The maximum atomic E-state index is 13.0. The fourth-order valence-corrected chi connectivity index (χ4v) is 3.05. The Bertz CT molecular complexity index is 1000. The van der Waals surface area contributed by atoms with E-state index in [0.29, 0.717) is 22.4 Å². The van der Waals surface area contributed by atoms with E-state index in [1.165, 1.54) is 4.90 Å². The van der Waals surface area contributed by atoms with E-state index in [4.69, 9.17) is 4.52 Å². The number of aromatic nitrogens is 2. The Kier molecular flexibility index (Phi) is 4.22. The van der Waals surface area contributed by atoms with Gasteiger partial charge in [0.05, 0.1) is 22.5 Å². The Morgan fingerprint density at radius 3 is 2.42 bits per heavy atom. The zero-order chi connectivity index (χ0) is 19.2. The van der Waals surface area contributed by atoms with Gasteiger partial charge in [0, 0.05) is 30.4 Å². The molecule has 0 saturated carbocycles. The number of fused-ring (bicyclic) bond motifs is 1. The zero-order valence-corrected chi connectivity index (χ0v) is 15.9. The van der Waals surface area contributed by atoms with Crippen molar-refractivity contribution in [2.45, 2.75) is 33.1 Å². The number of para-hydroxylation sites is 1. The number of hydrogen-bond donors (Lipinski definition) is 1. The highest BCUT2D eigenvalue weighted by Gasteiger charge is 2.32. The molecule has 0 bridgehead atoms. The van der Waals surface area contributed by atoms with Crippen molar-refractivity contribution in [2.24, 2.45) is 0 Å². The maximum Gasteiger partial charge on any atom is 0.294 e. The van der Waals surface area contributed by atoms with Crippen LogP contribution >= 0.6 is 0 Å². The van der Waals surface area contributed by atoms with E-state index in [1.807, 2.05) is 52.0 Å². The molecule has 3 rings (SSSR count). The summed E-state index contributed by atoms with van der Waals surface area (Å²) in [5.41, 5.74) is 2.93. The van der Waals surface area contributed by atoms with Gasteiger partial charge in [0.2, 0.25) is 0 Å². The van der Waals surface area contributed by atoms with Crippen molar-refractivity contribution in [3.63, 3.8) is 0 Å². The molecule has 0 atom stereocenters. The molecule has 2 aromatic heterocycles. The number of likely N-dealkylation sites (N-methyl/N-ethyl adjacent to an activating group) is 1. The standard InChI is InChI=1S/C20H23N3O3/c1-11-14(18(22-26-11)20(2,3)4)16-15(17(24)19(25)23(5)6)12-9-7-8-10-13(12)21-16/h7-10,21H,1-6H3. The Morgan fingerprint density at radius 1 is 1.15 bits per heavy atom. The number of aryl methyl sites for hydroxylation is 1. The highest BCUT2D eigenvalue weighted by Crippen LogP contribution is 2.39. The molecule has 6 heteroatoms. The van der Waals surface area contributed by atoms with Crippen LogP contribution in [0.3, 0.4) is 0 Å². The summed E-state index contributed by atoms with van der Waals surface area (Å²) in [5.74, 6) is -0.516. The summed E-state index contributed by atoms with van der Waals surface area (Å²) in [5, 5.41) is 4.92. The lowest BCUT2D eigenvalue weighted by atomic mass is 9.86. The third kappa shape index (κ3) is 2.81. The van der Waals surface area contributed by atoms with Gasteiger partial charge in [0.25, 0.3) is 11.7 Å². The van der Waals surface area contributed by atoms with Crippen LogP contribution in [0.15, 0.2) is 28.8 Å². The Morgan fingerprint density at radius 2 is 1.81 bits per heavy atom. The van der Waals surface area contributed by atoms with Crippen molar-refractivity contribution in [1.82, 2.24) is 15.0 Å². The van der Waals surface area contributed by atoms with Gasteiger partial charge in [-0.2, -0.15) is 0 Å². The Balaban J connectivity index is 2.36. The second-order valence-corrected chi connectivity index (χ2v) is 7.66. The topological polar surface area (TPSA) is 79.2 Å². The van der Waals surface area contributed by atoms with Crippen LogP contribution in [0.5, 0.6) is 0 Å². The molecule has 6 nitrogen and oxygen atoms in total. The van der Waals surface area contributed by atoms with Gasteiger partial charge in [-0.15, -0.1) is 0 Å². The second kappa shape index (κ2) is 6.12. The van der Waals surface area contributed by atoms with E-state index < -0.39 is 11.7 Å². The summed E-state index contributed by atoms with van der Waals surface area (Å²) in [4.78, 5) is 30.0. The van der Waals surface area contributed by atoms with Crippen LogP contribution in [-0.2, 0) is 10.2 Å². The molecule has 1 aromatic carbocycles. The molecular formula is C20H23N3O3. The van der Waals surface area contributed by atoms with Crippen molar-refractivity contribution in [3.05, 3.63) is 41.3 Å². The first-order valence-corrected chi connectivity index (χ1v) is 8.46. The first-order valence-electron chi connectivity index (χ1n) is 8.46. The number of rotatable bonds is 3. The number of Topliss-reactive ketones (excluding diaryl/α,β-unsaturated/α-hetero) is 1. The van der Waals surface area contributed by atoms with Crippen molar-refractivity contribution in [1.29, 1.82) is 0 Å². The molecule has 0 saturated heterocycles. The molecule has 1 N–H and O–H groups in total. The minimum absolute atomic E-state index is 0.281. The highest BCUT2D eigenvalue weighted by molar-refractivity contribution is 6.46. The Labute approximate surface area is 152 Å². The third-order valence-corrected chi connectivity index (χ3v) is 4.36. The van der Waals surface area contributed by atoms with E-state index in [-0.39, 0.29) is 5.41 Å². The smallest absolute Gasteiger partial charge is 0.294 e. The van der Waals surface area contributed by atoms with Crippen molar-refractivity contribution < 1.29 is 14.1 Å². The molecule has 0 unspecified atom stereocenters. The van der Waals surface area contributed by atoms with Crippen LogP contribution in [-0.4, -0.2) is 40.8 Å². The first kappa shape index (κ1) is 17.9. The van der Waals surface area contributed by atoms with Crippen LogP contribution in [0.25, 0.3) is 22.2 Å². The summed E-state index contributed by atoms with van der Waals surface area (Å²) in [6.07, 6.45) is 0. The van der Waals surface area contributed by atoms with Gasteiger partial charge in [0.15, 0.2) is 0 Å². The fourth-order valence-electron chi connectivity index (χ4n) is 3.05. The average Bonchev–Trinajstić information content (AvgIpc) is 3.13. The first-order chi connectivity index (χ1) is 12.1. The number of ketones is 1. The summed E-state index contributed by atoms with van der Waals surface area (Å²) >= 11 is 0. The van der Waals surface area contributed by atoms with Gasteiger partial charge >= 0.3 is 0 Å². The molecule has 0 spiro atoms. The molecular weight excluding hydrogens is 330 g/mol. The number of nitrogens with one attached hydrogen (secondary N) is 1. The average molecular weight is 353 g/mol. The lowest BCUT2D eigenvalue weighted by molar-refractivity contribution is -0.124. The van der Waals surface area contributed by atoms with Gasteiger partial charge in [-0.05, 0) is 13.0 Å². The predicted octanol–water partition coefficient (Wildman–Crippen LogP) is 3.70. The van der Waals surface area contributed by atoms with Gasteiger partial charge < -0.3 is 14.4 Å². The van der Waals surface area contributed by atoms with Crippen molar-refractivity contribution >= 4 is 22.6 Å². The SMILES string of the molecule is Cc1onc(C(C)(C)C)c1-c1[nH]c2ccccc2c1C(=O)C(=O)N(C)C. The molecule has 3 aromatic rings. The zero-order valence-electron chi connectivity index (χ0n) is 15.9. The number of H-pyrrole nitrogens is 1. The summed E-state index contributed by atoms with van der Waals surface area (Å²) in [7, 11) is 3.14. The van der Waals surface area contributed by atoms with Crippen LogP contribution in [0, 0.1) is 6.92 Å². The van der Waals surface area contributed by atoms with Crippen molar-refractivity contribution in [3.8, 4) is 11.3 Å². The van der Waals surface area contributed by atoms with E-state index in [9.17, 15) is 9.59 Å². The highest BCUT2D eigenvalue weighted by atomic mass is 16.5. The third-order valence-electron chi connectivity index (χ3n) is 4.36. The molecule has 0 radical (unpaired) electrons. The summed E-state index contributed by atoms with van der Waals surface area (Å²) in [6, 6.07) is 7.46. The lowest BCUT2D eigenvalue weighted by Crippen LogP contribution is -2.30. The van der Waals surface area contributed by atoms with Gasteiger partial charge in [-0.25, -0.2) is 0 Å². The lowest BCUT2D eigenvalue weighted by Gasteiger charge is -2.17. The van der Waals surface area contributed by atoms with E-state index in [2.05, 4.69) is 10.1 Å². The Hall–Kier alpha value is -2.89. The molecule has 0 aliphatic carbocycles.